The molecule has 1 atom stereocenters. The summed E-state index contributed by atoms with van der Waals surface area (Å²) in [6.07, 6.45) is 7.51. The Kier molecular flexibility index (Phi) is 7.55. The third-order valence-electron chi connectivity index (χ3n) is 7.46. The zero-order valence-electron chi connectivity index (χ0n) is 22.1. The van der Waals surface area contributed by atoms with E-state index in [9.17, 15) is 10.1 Å². The van der Waals surface area contributed by atoms with Gasteiger partial charge in [-0.2, -0.15) is 15.3 Å². The molecule has 2 aliphatic rings. The fourth-order valence-electron chi connectivity index (χ4n) is 5.29. The van der Waals surface area contributed by atoms with Crippen molar-refractivity contribution in [3.8, 4) is 6.07 Å². The molecule has 5 rings (SSSR count). The number of aromatic nitrogens is 5. The lowest BCUT2D eigenvalue weighted by Crippen LogP contribution is -2.53. The van der Waals surface area contributed by atoms with Crippen LogP contribution in [0, 0.1) is 11.3 Å². The smallest absolute Gasteiger partial charge is 0.409 e. The second-order valence-electron chi connectivity index (χ2n) is 10.0. The SMILES string of the molecule is COC(=O)N1CCN(C2CCC(Nc3nc(Nc4cnn(C)c4)nc4ccc(C(C)C#N)nc34)CC2)CC1. The van der Waals surface area contributed by atoms with Crippen molar-refractivity contribution in [2.24, 2.45) is 7.05 Å². The number of carbonyl (C=O) groups is 1. The van der Waals surface area contributed by atoms with Gasteiger partial charge in [0.1, 0.15) is 5.52 Å². The second kappa shape index (κ2) is 11.2. The number of amides is 1. The number of methoxy groups -OCH3 is 1. The van der Waals surface area contributed by atoms with Crippen LogP contribution >= 0.6 is 0 Å². The predicted molar refractivity (Wildman–Crippen MR) is 143 cm³/mol. The Morgan fingerprint density at radius 3 is 2.55 bits per heavy atom. The van der Waals surface area contributed by atoms with Gasteiger partial charge in [-0.15, -0.1) is 0 Å². The molecular formula is C26H34N10O2. The number of rotatable bonds is 6. The number of hydrogen-bond donors (Lipinski definition) is 2. The summed E-state index contributed by atoms with van der Waals surface area (Å²) >= 11 is 0. The predicted octanol–water partition coefficient (Wildman–Crippen LogP) is 3.24. The number of piperazine rings is 1. The van der Waals surface area contributed by atoms with E-state index in [1.54, 1.807) is 15.8 Å². The molecule has 200 valence electrons. The van der Waals surface area contributed by atoms with E-state index in [2.05, 4.69) is 31.7 Å². The molecule has 4 heterocycles. The molecule has 0 spiro atoms. The average Bonchev–Trinajstić information content (AvgIpc) is 3.36. The molecule has 0 bridgehead atoms. The van der Waals surface area contributed by atoms with Gasteiger partial charge in [0, 0.05) is 51.5 Å². The van der Waals surface area contributed by atoms with Crippen LogP contribution in [0.3, 0.4) is 0 Å². The van der Waals surface area contributed by atoms with E-state index in [4.69, 9.17) is 14.7 Å². The Balaban J connectivity index is 1.30. The standard InChI is InChI=1S/C26H34N10O2/c1-17(14-27)21-8-9-22-23(31-21)24(33-25(32-22)30-19-15-28-34(2)16-19)29-18-4-6-20(7-5-18)35-10-12-36(13-11-35)26(37)38-3/h8-9,15-18,20H,4-7,10-13H2,1-3H3,(H2,29,30,32,33). The van der Waals surface area contributed by atoms with Crippen LogP contribution < -0.4 is 10.6 Å². The molecule has 0 radical (unpaired) electrons. The molecule has 2 fully saturated rings. The molecule has 1 saturated carbocycles. The normalized spacial score (nSPS) is 21.1. The molecule has 12 nitrogen and oxygen atoms in total. The number of fused-ring (bicyclic) bond motifs is 1. The van der Waals surface area contributed by atoms with E-state index in [0.29, 0.717) is 47.6 Å². The van der Waals surface area contributed by atoms with E-state index in [1.807, 2.05) is 32.3 Å². The summed E-state index contributed by atoms with van der Waals surface area (Å²) in [6, 6.07) is 6.78. The lowest BCUT2D eigenvalue weighted by atomic mass is 9.89. The third kappa shape index (κ3) is 5.62. The van der Waals surface area contributed by atoms with E-state index in [0.717, 1.165) is 44.5 Å². The molecular weight excluding hydrogens is 484 g/mol. The second-order valence-corrected chi connectivity index (χ2v) is 10.0. The highest BCUT2D eigenvalue weighted by Gasteiger charge is 2.30. The largest absolute Gasteiger partial charge is 0.453 e. The Labute approximate surface area is 222 Å². The summed E-state index contributed by atoms with van der Waals surface area (Å²) in [6.45, 7) is 5.01. The molecule has 1 amide bonds. The first kappa shape index (κ1) is 25.7. The summed E-state index contributed by atoms with van der Waals surface area (Å²) < 4.78 is 6.58. The van der Waals surface area contributed by atoms with Crippen LogP contribution in [-0.4, -0.2) is 86.0 Å². The lowest BCUT2D eigenvalue weighted by Gasteiger charge is -2.41. The van der Waals surface area contributed by atoms with Crippen molar-refractivity contribution in [2.75, 3.05) is 43.9 Å². The van der Waals surface area contributed by atoms with Crippen LogP contribution in [0.2, 0.25) is 0 Å². The Hall–Kier alpha value is -3.98. The molecule has 12 heteroatoms. The highest BCUT2D eigenvalue weighted by molar-refractivity contribution is 5.87. The van der Waals surface area contributed by atoms with E-state index < -0.39 is 0 Å². The van der Waals surface area contributed by atoms with Gasteiger partial charge in [-0.1, -0.05) is 0 Å². The summed E-state index contributed by atoms with van der Waals surface area (Å²) in [4.78, 5) is 30.3. The summed E-state index contributed by atoms with van der Waals surface area (Å²) in [7, 11) is 3.29. The van der Waals surface area contributed by atoms with Crippen molar-refractivity contribution in [1.82, 2.24) is 34.5 Å². The van der Waals surface area contributed by atoms with Gasteiger partial charge >= 0.3 is 6.09 Å². The highest BCUT2D eigenvalue weighted by atomic mass is 16.5. The maximum Gasteiger partial charge on any atom is 0.409 e. The number of carbonyl (C=O) groups excluding carboxylic acids is 1. The summed E-state index contributed by atoms with van der Waals surface area (Å²) in [5.74, 6) is 0.812. The van der Waals surface area contributed by atoms with Crippen molar-refractivity contribution in [3.05, 3.63) is 30.2 Å². The quantitative estimate of drug-likeness (QED) is 0.500. The molecule has 0 aromatic carbocycles. The first-order valence-electron chi connectivity index (χ1n) is 13.1. The monoisotopic (exact) mass is 518 g/mol. The Bertz CT molecular complexity index is 1320. The first-order valence-corrected chi connectivity index (χ1v) is 13.1. The maximum absolute atomic E-state index is 11.8. The topological polar surface area (TPSA) is 137 Å². The minimum absolute atomic E-state index is 0.243. The fraction of sp³-hybridized carbons (Fsp3) is 0.538. The number of pyridine rings is 1. The summed E-state index contributed by atoms with van der Waals surface area (Å²) in [5, 5.41) is 20.5. The molecule has 1 saturated heterocycles. The molecule has 3 aromatic rings. The minimum atomic E-state index is -0.324. The number of nitriles is 1. The average molecular weight is 519 g/mol. The molecule has 38 heavy (non-hydrogen) atoms. The number of anilines is 3. The van der Waals surface area contributed by atoms with Crippen molar-refractivity contribution in [2.45, 2.75) is 50.6 Å². The van der Waals surface area contributed by atoms with Crippen LogP contribution in [0.5, 0.6) is 0 Å². The number of nitrogens with one attached hydrogen (secondary N) is 2. The Morgan fingerprint density at radius 2 is 1.89 bits per heavy atom. The van der Waals surface area contributed by atoms with Gasteiger partial charge in [0.25, 0.3) is 0 Å². The van der Waals surface area contributed by atoms with Gasteiger partial charge in [0.2, 0.25) is 5.95 Å². The molecule has 3 aromatic heterocycles. The Morgan fingerprint density at radius 1 is 1.13 bits per heavy atom. The third-order valence-corrected chi connectivity index (χ3v) is 7.46. The van der Waals surface area contributed by atoms with Crippen LogP contribution in [0.25, 0.3) is 11.0 Å². The van der Waals surface area contributed by atoms with Crippen molar-refractivity contribution in [3.63, 3.8) is 0 Å². The van der Waals surface area contributed by atoms with E-state index >= 15 is 0 Å². The number of nitrogens with zero attached hydrogens (tertiary/aromatic N) is 8. The molecule has 1 aliphatic heterocycles. The first-order chi connectivity index (χ1) is 18.4. The molecule has 1 aliphatic carbocycles. The summed E-state index contributed by atoms with van der Waals surface area (Å²) in [5.41, 5.74) is 2.88. The zero-order chi connectivity index (χ0) is 26.6. The number of hydrogen-bond acceptors (Lipinski definition) is 10. The van der Waals surface area contributed by atoms with E-state index in [-0.39, 0.29) is 18.1 Å². The zero-order valence-corrected chi connectivity index (χ0v) is 22.1. The van der Waals surface area contributed by atoms with Crippen LogP contribution in [0.4, 0.5) is 22.2 Å². The molecule has 2 N–H and O–H groups in total. The van der Waals surface area contributed by atoms with Crippen LogP contribution in [0.1, 0.15) is 44.2 Å². The van der Waals surface area contributed by atoms with Gasteiger partial charge in [-0.25, -0.2) is 14.8 Å². The van der Waals surface area contributed by atoms with Gasteiger partial charge < -0.3 is 20.3 Å². The number of ether oxygens (including phenoxy) is 1. The van der Waals surface area contributed by atoms with Crippen LogP contribution in [-0.2, 0) is 11.8 Å². The van der Waals surface area contributed by atoms with Crippen molar-refractivity contribution >= 4 is 34.6 Å². The van der Waals surface area contributed by atoms with E-state index in [1.165, 1.54) is 7.11 Å². The van der Waals surface area contributed by atoms with Crippen molar-refractivity contribution in [1.29, 1.82) is 5.26 Å². The van der Waals surface area contributed by atoms with Gasteiger partial charge in [-0.3, -0.25) is 9.58 Å². The van der Waals surface area contributed by atoms with Gasteiger partial charge in [0.15, 0.2) is 5.82 Å². The fourth-order valence-corrected chi connectivity index (χ4v) is 5.29. The molecule has 1 unspecified atom stereocenters. The highest BCUT2D eigenvalue weighted by Crippen LogP contribution is 2.30. The van der Waals surface area contributed by atoms with Gasteiger partial charge in [-0.05, 0) is 44.7 Å². The van der Waals surface area contributed by atoms with Gasteiger partial charge in [0.05, 0.1) is 42.2 Å². The van der Waals surface area contributed by atoms with Crippen LogP contribution in [0.15, 0.2) is 24.5 Å². The maximum atomic E-state index is 11.8. The van der Waals surface area contributed by atoms with Crippen molar-refractivity contribution < 1.29 is 9.53 Å². The minimum Gasteiger partial charge on any atom is -0.453 e. The lowest BCUT2D eigenvalue weighted by molar-refractivity contribution is 0.0642. The number of aryl methyl sites for hydroxylation is 1.